The Morgan fingerprint density at radius 2 is 1.66 bits per heavy atom. The highest BCUT2D eigenvalue weighted by atomic mass is 35.5. The first-order valence-electron chi connectivity index (χ1n) is 13.1. The number of hydrogen-bond donors (Lipinski definition) is 3. The number of nitrogens with zero attached hydrogens (tertiary/aromatic N) is 5. The van der Waals surface area contributed by atoms with Crippen molar-refractivity contribution in [1.29, 1.82) is 0 Å². The topological polar surface area (TPSA) is 143 Å². The second-order valence-electron chi connectivity index (χ2n) is 9.77. The Morgan fingerprint density at radius 1 is 1.03 bits per heavy atom. The van der Waals surface area contributed by atoms with Crippen LogP contribution in [0, 0.1) is 0 Å². The normalized spacial score (nSPS) is 19.7. The van der Waals surface area contributed by atoms with Gasteiger partial charge in [-0.25, -0.2) is 9.59 Å². The average molecular weight is 547 g/mol. The molecule has 2 fully saturated rings. The number of urea groups is 1. The summed E-state index contributed by atoms with van der Waals surface area (Å²) in [6, 6.07) is 10.1. The first-order chi connectivity index (χ1) is 17.9. The number of nitrogens with one attached hydrogen (secondary N) is 1. The van der Waals surface area contributed by atoms with Gasteiger partial charge in [-0.3, -0.25) is 19.6 Å². The number of piperazine rings is 1. The smallest absolute Gasteiger partial charge is 0.338 e. The highest BCUT2D eigenvalue weighted by molar-refractivity contribution is 5.88. The van der Waals surface area contributed by atoms with Crippen LogP contribution in [0.25, 0.3) is 5.69 Å². The van der Waals surface area contributed by atoms with Crippen LogP contribution in [0.15, 0.2) is 41.3 Å². The molecule has 1 aromatic heterocycles. The lowest BCUT2D eigenvalue weighted by atomic mass is 9.90. The molecule has 0 unspecified atom stereocenters. The van der Waals surface area contributed by atoms with E-state index in [9.17, 15) is 14.4 Å². The zero-order valence-corrected chi connectivity index (χ0v) is 22.7. The lowest BCUT2D eigenvalue weighted by Gasteiger charge is -2.35. The average Bonchev–Trinajstić information content (AvgIpc) is 2.92. The Hall–Kier alpha value is -2.99. The number of hydrogen-bond acceptors (Lipinski definition) is 7. The minimum atomic E-state index is -0.474. The molecule has 1 saturated carbocycles. The summed E-state index contributed by atoms with van der Waals surface area (Å²) >= 11 is 0. The van der Waals surface area contributed by atoms with Gasteiger partial charge < -0.3 is 21.3 Å². The van der Waals surface area contributed by atoms with Gasteiger partial charge in [0.2, 0.25) is 5.91 Å². The molecule has 1 saturated heterocycles. The summed E-state index contributed by atoms with van der Waals surface area (Å²) in [6.07, 6.45) is 6.06. The molecule has 208 valence electrons. The molecular weight excluding hydrogens is 508 g/mol. The molecule has 0 spiro atoms. The summed E-state index contributed by atoms with van der Waals surface area (Å²) in [7, 11) is 0. The maximum Gasteiger partial charge on any atom is 0.354 e. The summed E-state index contributed by atoms with van der Waals surface area (Å²) < 4.78 is 1.46. The first kappa shape index (κ1) is 29.6. The van der Waals surface area contributed by atoms with Crippen LogP contribution in [0.3, 0.4) is 0 Å². The van der Waals surface area contributed by atoms with Crippen molar-refractivity contribution in [3.8, 4) is 5.69 Å². The number of carbonyl (C=O) groups is 2. The Morgan fingerprint density at radius 3 is 2.24 bits per heavy atom. The van der Waals surface area contributed by atoms with E-state index < -0.39 is 5.69 Å². The van der Waals surface area contributed by atoms with Crippen molar-refractivity contribution in [3.05, 3.63) is 52.6 Å². The molecule has 2 aromatic rings. The third-order valence-electron chi connectivity index (χ3n) is 7.40. The molecule has 0 atom stereocenters. The van der Waals surface area contributed by atoms with Gasteiger partial charge >= 0.3 is 11.7 Å². The maximum atomic E-state index is 12.7. The van der Waals surface area contributed by atoms with Crippen molar-refractivity contribution in [3.63, 3.8) is 0 Å². The summed E-state index contributed by atoms with van der Waals surface area (Å²) in [5.41, 5.74) is 12.9. The lowest BCUT2D eigenvalue weighted by molar-refractivity contribution is -0.131. The maximum absolute atomic E-state index is 12.7. The molecule has 3 amide bonds. The molecule has 2 heterocycles. The van der Waals surface area contributed by atoms with E-state index in [0.29, 0.717) is 44.0 Å². The van der Waals surface area contributed by atoms with Gasteiger partial charge in [0.1, 0.15) is 5.82 Å². The number of anilines is 1. The van der Waals surface area contributed by atoms with Crippen LogP contribution in [-0.2, 0) is 11.3 Å². The summed E-state index contributed by atoms with van der Waals surface area (Å²) in [6.45, 7) is 5.65. The number of amides is 3. The number of halogens is 1. The highest BCUT2D eigenvalue weighted by Crippen LogP contribution is 2.23. The Kier molecular flexibility index (Phi) is 10.7. The monoisotopic (exact) mass is 546 g/mol. The van der Waals surface area contributed by atoms with E-state index in [0.717, 1.165) is 38.8 Å². The molecule has 2 aliphatic rings. The zero-order chi connectivity index (χ0) is 26.4. The number of carbonyl (C=O) groups excluding carboxylic acids is 2. The van der Waals surface area contributed by atoms with Crippen molar-refractivity contribution >= 4 is 30.2 Å². The highest BCUT2D eigenvalue weighted by Gasteiger charge is 2.24. The minimum Gasteiger partial charge on any atom is -0.338 e. The molecule has 1 aromatic carbocycles. The van der Waals surface area contributed by atoms with Crippen molar-refractivity contribution < 1.29 is 9.59 Å². The van der Waals surface area contributed by atoms with E-state index in [1.807, 2.05) is 24.3 Å². The number of rotatable bonds is 7. The Labute approximate surface area is 229 Å². The lowest BCUT2D eigenvalue weighted by Crippen LogP contribution is -2.52. The summed E-state index contributed by atoms with van der Waals surface area (Å²) in [5.74, 6) is 0.0598. The van der Waals surface area contributed by atoms with Crippen molar-refractivity contribution in [2.24, 2.45) is 11.5 Å². The van der Waals surface area contributed by atoms with Gasteiger partial charge in [0.15, 0.2) is 0 Å². The van der Waals surface area contributed by atoms with Gasteiger partial charge in [-0.15, -0.1) is 12.4 Å². The fourth-order valence-electron chi connectivity index (χ4n) is 5.11. The number of aromatic nitrogens is 2. The fraction of sp³-hybridized carbons (Fsp3) is 0.538. The predicted molar refractivity (Wildman–Crippen MR) is 150 cm³/mol. The molecule has 38 heavy (non-hydrogen) atoms. The summed E-state index contributed by atoms with van der Waals surface area (Å²) in [4.78, 5) is 46.8. The molecule has 11 nitrogen and oxygen atoms in total. The van der Waals surface area contributed by atoms with E-state index in [2.05, 4.69) is 22.1 Å². The quantitative estimate of drug-likeness (QED) is 0.476. The van der Waals surface area contributed by atoms with Crippen LogP contribution in [-0.4, -0.2) is 87.5 Å². The van der Waals surface area contributed by atoms with Gasteiger partial charge in [-0.05, 0) is 56.0 Å². The van der Waals surface area contributed by atoms with Gasteiger partial charge in [-0.2, -0.15) is 4.98 Å². The van der Waals surface area contributed by atoms with E-state index in [-0.39, 0.29) is 36.7 Å². The first-order valence-corrected chi connectivity index (χ1v) is 13.1. The minimum absolute atomic E-state index is 0. The van der Waals surface area contributed by atoms with E-state index >= 15 is 0 Å². The molecule has 12 heteroatoms. The van der Waals surface area contributed by atoms with Crippen molar-refractivity contribution in [2.45, 2.75) is 51.2 Å². The van der Waals surface area contributed by atoms with Crippen LogP contribution < -0.4 is 22.5 Å². The number of benzene rings is 1. The molecule has 0 radical (unpaired) electrons. The SMILES string of the molecule is CCN(Cc1ccc(-n2ccc(NC(=O)N3CCN(C(=O)CN)CC3)nc2=O)cc1)[C@H]1CC[C@H](N)CC1.Cl. The van der Waals surface area contributed by atoms with Gasteiger partial charge in [0, 0.05) is 51.0 Å². The van der Waals surface area contributed by atoms with E-state index in [1.165, 1.54) is 10.1 Å². The van der Waals surface area contributed by atoms with Crippen molar-refractivity contribution in [2.75, 3.05) is 44.6 Å². The van der Waals surface area contributed by atoms with E-state index in [1.54, 1.807) is 22.1 Å². The third-order valence-corrected chi connectivity index (χ3v) is 7.40. The molecule has 0 bridgehead atoms. The molecule has 5 N–H and O–H groups in total. The second kappa shape index (κ2) is 13.7. The fourth-order valence-corrected chi connectivity index (χ4v) is 5.11. The van der Waals surface area contributed by atoms with Crippen LogP contribution in [0.5, 0.6) is 0 Å². The van der Waals surface area contributed by atoms with Crippen LogP contribution in [0.2, 0.25) is 0 Å². The molecular formula is C26H39ClN8O3. The zero-order valence-electron chi connectivity index (χ0n) is 21.9. The van der Waals surface area contributed by atoms with E-state index in [4.69, 9.17) is 11.5 Å². The van der Waals surface area contributed by atoms with Crippen LogP contribution >= 0.6 is 12.4 Å². The second-order valence-corrected chi connectivity index (χ2v) is 9.77. The largest absolute Gasteiger partial charge is 0.354 e. The van der Waals surface area contributed by atoms with Gasteiger partial charge in [0.25, 0.3) is 0 Å². The number of nitrogens with two attached hydrogens (primary N) is 2. The third kappa shape index (κ3) is 7.31. The van der Waals surface area contributed by atoms with Gasteiger partial charge in [0.05, 0.1) is 12.2 Å². The predicted octanol–water partition coefficient (Wildman–Crippen LogP) is 1.38. The molecule has 1 aliphatic carbocycles. The van der Waals surface area contributed by atoms with Crippen molar-refractivity contribution in [1.82, 2.24) is 24.3 Å². The van der Waals surface area contributed by atoms with Crippen LogP contribution in [0.4, 0.5) is 10.6 Å². The molecule has 1 aliphatic heterocycles. The van der Waals surface area contributed by atoms with Crippen LogP contribution in [0.1, 0.15) is 38.2 Å². The van der Waals surface area contributed by atoms with Gasteiger partial charge in [-0.1, -0.05) is 19.1 Å². The Balaban J connectivity index is 0.00000400. The molecule has 4 rings (SSSR count). The standard InChI is InChI=1S/C26H38N8O3.ClH/c1-2-31(21-9-5-20(28)6-10-21)18-19-3-7-22(8-4-19)34-12-11-23(30-26(34)37)29-25(36)33-15-13-32(14-16-33)24(35)17-27;/h3-4,7-8,11-12,20-21H,2,5-6,9-10,13-18,27-28H2,1H3,(H,29,30,36,37);1H/t20-,21-;. The summed E-state index contributed by atoms with van der Waals surface area (Å²) in [5, 5.41) is 2.68. The Bertz CT molecular complexity index is 1130.